The maximum atomic E-state index is 10.8. The second-order valence-electron chi connectivity index (χ2n) is 4.11. The minimum atomic E-state index is -1.01. The van der Waals surface area contributed by atoms with Crippen LogP contribution in [0.25, 0.3) is 0 Å². The highest BCUT2D eigenvalue weighted by atomic mass is 16.5. The van der Waals surface area contributed by atoms with Crippen LogP contribution in [0, 0.1) is 13.8 Å². The Balaban J connectivity index is 3.29. The van der Waals surface area contributed by atoms with Crippen molar-refractivity contribution < 1.29 is 19.4 Å². The first-order chi connectivity index (χ1) is 8.42. The van der Waals surface area contributed by atoms with Crippen molar-refractivity contribution in [3.05, 3.63) is 34.9 Å². The predicted molar refractivity (Wildman–Crippen MR) is 69.5 cm³/mol. The van der Waals surface area contributed by atoms with Gasteiger partial charge in [0.2, 0.25) is 0 Å². The lowest BCUT2D eigenvalue weighted by molar-refractivity contribution is -0.132. The van der Waals surface area contributed by atoms with Crippen molar-refractivity contribution in [2.75, 3.05) is 14.2 Å². The van der Waals surface area contributed by atoms with E-state index in [-0.39, 0.29) is 12.0 Å². The van der Waals surface area contributed by atoms with Gasteiger partial charge in [0.25, 0.3) is 0 Å². The molecule has 1 N–H and O–H groups in total. The largest absolute Gasteiger partial charge is 0.496 e. The number of benzene rings is 1. The minimum Gasteiger partial charge on any atom is -0.496 e. The number of carbonyl (C=O) groups is 1. The van der Waals surface area contributed by atoms with E-state index in [0.29, 0.717) is 5.75 Å². The lowest BCUT2D eigenvalue weighted by Gasteiger charge is -2.16. The molecule has 4 heteroatoms. The summed E-state index contributed by atoms with van der Waals surface area (Å²) in [5.74, 6) is 0.409. The maximum Gasteiger partial charge on any atom is 0.331 e. The molecule has 0 saturated heterocycles. The third-order valence-corrected chi connectivity index (χ3v) is 3.00. The summed E-state index contributed by atoms with van der Waals surface area (Å²) in [5, 5.41) is 8.89. The lowest BCUT2D eigenvalue weighted by atomic mass is 9.98. The molecule has 0 fully saturated rings. The van der Waals surface area contributed by atoms with Crippen molar-refractivity contribution in [3.8, 4) is 11.5 Å². The summed E-state index contributed by atoms with van der Waals surface area (Å²) in [7, 11) is 3.16. The van der Waals surface area contributed by atoms with Crippen molar-refractivity contribution in [2.45, 2.75) is 20.3 Å². The number of aliphatic carboxylic acids is 1. The van der Waals surface area contributed by atoms with E-state index in [9.17, 15) is 4.79 Å². The summed E-state index contributed by atoms with van der Waals surface area (Å²) in [6.45, 7) is 7.39. The van der Waals surface area contributed by atoms with Crippen molar-refractivity contribution in [1.82, 2.24) is 0 Å². The first kappa shape index (κ1) is 14.1. The van der Waals surface area contributed by atoms with E-state index < -0.39 is 5.97 Å². The summed E-state index contributed by atoms with van der Waals surface area (Å²) < 4.78 is 10.6. The Morgan fingerprint density at radius 2 is 1.89 bits per heavy atom. The SMILES string of the molecule is C=C(Cc1cc(OC)c(C)c(C)c1OC)C(=O)O. The Hall–Kier alpha value is -1.97. The Morgan fingerprint density at radius 1 is 1.28 bits per heavy atom. The van der Waals surface area contributed by atoms with Crippen LogP contribution in [0.5, 0.6) is 11.5 Å². The normalized spacial score (nSPS) is 10.0. The number of ether oxygens (including phenoxy) is 2. The lowest BCUT2D eigenvalue weighted by Crippen LogP contribution is -2.05. The van der Waals surface area contributed by atoms with Crippen molar-refractivity contribution in [3.63, 3.8) is 0 Å². The molecule has 0 unspecified atom stereocenters. The van der Waals surface area contributed by atoms with Crippen molar-refractivity contribution in [1.29, 1.82) is 0 Å². The van der Waals surface area contributed by atoms with Gasteiger partial charge < -0.3 is 14.6 Å². The molecule has 1 rings (SSSR count). The second kappa shape index (κ2) is 5.58. The van der Waals surface area contributed by atoms with Crippen molar-refractivity contribution in [2.24, 2.45) is 0 Å². The predicted octanol–water partition coefficient (Wildman–Crippen LogP) is 2.50. The molecule has 0 aliphatic rings. The Labute approximate surface area is 107 Å². The zero-order valence-corrected chi connectivity index (χ0v) is 11.2. The van der Waals surface area contributed by atoms with Gasteiger partial charge in [-0.05, 0) is 31.0 Å². The molecule has 0 spiro atoms. The minimum absolute atomic E-state index is 0.124. The smallest absolute Gasteiger partial charge is 0.331 e. The molecule has 0 bridgehead atoms. The molecular weight excluding hydrogens is 232 g/mol. The topological polar surface area (TPSA) is 55.8 Å². The van der Waals surface area contributed by atoms with Crippen LogP contribution in [0.15, 0.2) is 18.2 Å². The molecule has 0 aliphatic heterocycles. The average molecular weight is 250 g/mol. The highest BCUT2D eigenvalue weighted by Gasteiger charge is 2.16. The first-order valence-electron chi connectivity index (χ1n) is 5.54. The van der Waals surface area contributed by atoms with Gasteiger partial charge in [0.1, 0.15) is 11.5 Å². The van der Waals surface area contributed by atoms with Crippen LogP contribution in [0.1, 0.15) is 16.7 Å². The molecule has 0 heterocycles. The van der Waals surface area contributed by atoms with Gasteiger partial charge in [-0.25, -0.2) is 4.79 Å². The second-order valence-corrected chi connectivity index (χ2v) is 4.11. The standard InChI is InChI=1S/C14H18O4/c1-8(14(15)16)6-11-7-12(17-4)9(2)10(3)13(11)18-5/h7H,1,6H2,2-5H3,(H,15,16). The molecule has 0 aliphatic carbocycles. The summed E-state index contributed by atoms with van der Waals surface area (Å²) >= 11 is 0. The fraction of sp³-hybridized carbons (Fsp3) is 0.357. The number of hydrogen-bond donors (Lipinski definition) is 1. The number of carboxylic acid groups (broad SMARTS) is 1. The van der Waals surface area contributed by atoms with Crippen LogP contribution < -0.4 is 9.47 Å². The fourth-order valence-corrected chi connectivity index (χ4v) is 1.86. The monoisotopic (exact) mass is 250 g/mol. The molecule has 0 saturated carbocycles. The summed E-state index contributed by atoms with van der Waals surface area (Å²) in [5.41, 5.74) is 2.83. The summed E-state index contributed by atoms with van der Waals surface area (Å²) in [6.07, 6.45) is 0.232. The maximum absolute atomic E-state index is 10.8. The quantitative estimate of drug-likeness (QED) is 0.816. The van der Waals surface area contributed by atoms with E-state index in [1.165, 1.54) is 0 Å². The fourth-order valence-electron chi connectivity index (χ4n) is 1.86. The Morgan fingerprint density at radius 3 is 2.33 bits per heavy atom. The zero-order chi connectivity index (χ0) is 13.9. The van der Waals surface area contributed by atoms with Gasteiger partial charge in [0.05, 0.1) is 14.2 Å². The van der Waals surface area contributed by atoms with E-state index in [1.807, 2.05) is 13.8 Å². The number of hydrogen-bond acceptors (Lipinski definition) is 3. The van der Waals surface area contributed by atoms with E-state index in [2.05, 4.69) is 6.58 Å². The highest BCUT2D eigenvalue weighted by molar-refractivity contribution is 5.86. The number of rotatable bonds is 5. The molecule has 1 aromatic carbocycles. The molecule has 0 radical (unpaired) electrons. The average Bonchev–Trinajstić information content (AvgIpc) is 2.33. The van der Waals surface area contributed by atoms with Gasteiger partial charge in [0.15, 0.2) is 0 Å². The van der Waals surface area contributed by atoms with Crippen LogP contribution in [0.2, 0.25) is 0 Å². The van der Waals surface area contributed by atoms with Crippen molar-refractivity contribution >= 4 is 5.97 Å². The van der Waals surface area contributed by atoms with E-state index in [0.717, 1.165) is 22.4 Å². The van der Waals surface area contributed by atoms with Gasteiger partial charge >= 0.3 is 5.97 Å². The third kappa shape index (κ3) is 2.64. The number of carboxylic acids is 1. The Bertz CT molecular complexity index is 489. The van der Waals surface area contributed by atoms with Crippen LogP contribution in [-0.2, 0) is 11.2 Å². The zero-order valence-electron chi connectivity index (χ0n) is 11.2. The molecule has 4 nitrogen and oxygen atoms in total. The molecular formula is C14H18O4. The third-order valence-electron chi connectivity index (χ3n) is 3.00. The van der Waals surface area contributed by atoms with Crippen LogP contribution >= 0.6 is 0 Å². The molecule has 98 valence electrons. The highest BCUT2D eigenvalue weighted by Crippen LogP contribution is 2.34. The van der Waals surface area contributed by atoms with Crippen LogP contribution in [0.4, 0.5) is 0 Å². The van der Waals surface area contributed by atoms with E-state index in [1.54, 1.807) is 20.3 Å². The Kier molecular flexibility index (Phi) is 4.37. The molecule has 0 amide bonds. The van der Waals surface area contributed by atoms with Gasteiger partial charge in [0, 0.05) is 17.6 Å². The van der Waals surface area contributed by atoms with Gasteiger partial charge in [-0.15, -0.1) is 0 Å². The van der Waals surface area contributed by atoms with Crippen LogP contribution in [0.3, 0.4) is 0 Å². The summed E-state index contributed by atoms with van der Waals surface area (Å²) in [4.78, 5) is 10.8. The van der Waals surface area contributed by atoms with E-state index >= 15 is 0 Å². The van der Waals surface area contributed by atoms with Gasteiger partial charge in [-0.1, -0.05) is 6.58 Å². The molecule has 0 atom stereocenters. The van der Waals surface area contributed by atoms with Crippen LogP contribution in [-0.4, -0.2) is 25.3 Å². The summed E-state index contributed by atoms with van der Waals surface area (Å²) in [6, 6.07) is 1.80. The van der Waals surface area contributed by atoms with Gasteiger partial charge in [-0.2, -0.15) is 0 Å². The molecule has 1 aromatic rings. The molecule has 0 aromatic heterocycles. The number of methoxy groups -OCH3 is 2. The van der Waals surface area contributed by atoms with Gasteiger partial charge in [-0.3, -0.25) is 0 Å². The van der Waals surface area contributed by atoms with E-state index in [4.69, 9.17) is 14.6 Å². The molecule has 18 heavy (non-hydrogen) atoms. The first-order valence-corrected chi connectivity index (χ1v) is 5.54.